The van der Waals surface area contributed by atoms with Gasteiger partial charge in [0.1, 0.15) is 6.33 Å². The highest BCUT2D eigenvalue weighted by atomic mass is 19.4. The molecule has 0 fully saturated rings. The Labute approximate surface area is 201 Å². The molecule has 14 heteroatoms. The fourth-order valence-corrected chi connectivity index (χ4v) is 3.02. The number of halogens is 6. The summed E-state index contributed by atoms with van der Waals surface area (Å²) in [6, 6.07) is 1.06. The molecule has 0 atom stereocenters. The molecule has 3 rings (SSSR count). The van der Waals surface area contributed by atoms with Crippen LogP contribution in [0.15, 0.2) is 36.9 Å². The van der Waals surface area contributed by atoms with Crippen LogP contribution in [0.3, 0.4) is 0 Å². The fourth-order valence-electron chi connectivity index (χ4n) is 3.02. The third kappa shape index (κ3) is 6.71. The molecule has 0 saturated carbocycles. The number of methoxy groups -OCH3 is 1. The van der Waals surface area contributed by atoms with E-state index >= 15 is 0 Å². The minimum atomic E-state index is -5.02. The van der Waals surface area contributed by atoms with Crippen LogP contribution < -0.4 is 0 Å². The van der Waals surface area contributed by atoms with Gasteiger partial charge in [0.05, 0.1) is 42.2 Å². The molecule has 0 aliphatic heterocycles. The van der Waals surface area contributed by atoms with Crippen LogP contribution in [0.5, 0.6) is 0 Å². The number of hydrogen-bond donors (Lipinski definition) is 0. The second-order valence-corrected chi connectivity index (χ2v) is 7.82. The quantitative estimate of drug-likeness (QED) is 0.243. The van der Waals surface area contributed by atoms with E-state index in [0.29, 0.717) is 30.8 Å². The van der Waals surface area contributed by atoms with Crippen molar-refractivity contribution in [2.45, 2.75) is 38.8 Å². The largest absolute Gasteiger partial charge is 0.459 e. The number of carbonyl (C=O) groups excluding carboxylic acids is 1. The van der Waals surface area contributed by atoms with Crippen molar-refractivity contribution in [3.63, 3.8) is 0 Å². The van der Waals surface area contributed by atoms with Gasteiger partial charge in [-0.05, 0) is 32.0 Å². The highest BCUT2D eigenvalue weighted by molar-refractivity contribution is 6.20. The fraction of sp³-hybridized carbons (Fsp3) is 0.364. The topological polar surface area (TPSA) is 84.1 Å². The maximum absolute atomic E-state index is 13.2. The van der Waals surface area contributed by atoms with Gasteiger partial charge in [0.25, 0.3) is 0 Å². The van der Waals surface area contributed by atoms with E-state index in [1.165, 1.54) is 24.2 Å². The zero-order chi connectivity index (χ0) is 26.7. The average molecular weight is 517 g/mol. The standard InChI is InChI=1S/C22H21F6N5O3/c1-13(2)36-20(34)18(15-9-30-32(10-15)4-5-35-3)11-33-12-29-19(31-33)14-6-16(21(23,24)25)8-17(7-14)22(26,27)28/h6-13H,4-5H2,1-3H3/b18-11+. The van der Waals surface area contributed by atoms with Crippen LogP contribution in [-0.4, -0.2) is 50.3 Å². The lowest BCUT2D eigenvalue weighted by molar-refractivity contribution is -0.143. The molecule has 0 N–H and O–H groups in total. The van der Waals surface area contributed by atoms with Crippen molar-refractivity contribution in [3.05, 3.63) is 53.6 Å². The van der Waals surface area contributed by atoms with Crippen LogP contribution in [0.4, 0.5) is 26.3 Å². The molecule has 0 aliphatic rings. The van der Waals surface area contributed by atoms with E-state index in [0.717, 1.165) is 11.0 Å². The predicted octanol–water partition coefficient (Wildman–Crippen LogP) is 4.78. The molecule has 2 aromatic heterocycles. The molecule has 1 aromatic carbocycles. The van der Waals surface area contributed by atoms with Crippen molar-refractivity contribution >= 4 is 17.7 Å². The van der Waals surface area contributed by atoms with Crippen LogP contribution in [0.1, 0.15) is 30.5 Å². The zero-order valence-electron chi connectivity index (χ0n) is 19.3. The third-order valence-electron chi connectivity index (χ3n) is 4.65. The summed E-state index contributed by atoms with van der Waals surface area (Å²) in [6.07, 6.45) is -5.33. The summed E-state index contributed by atoms with van der Waals surface area (Å²) >= 11 is 0. The molecule has 194 valence electrons. The maximum atomic E-state index is 13.2. The summed E-state index contributed by atoms with van der Waals surface area (Å²) in [7, 11) is 1.51. The summed E-state index contributed by atoms with van der Waals surface area (Å²) in [5, 5.41) is 8.08. The SMILES string of the molecule is COCCn1cc(/C(=C\n2cnc(-c3cc(C(F)(F)F)cc(C(F)(F)F)c3)n2)C(=O)OC(C)C)cn1. The molecule has 0 saturated heterocycles. The number of nitrogens with zero attached hydrogens (tertiary/aromatic N) is 5. The highest BCUT2D eigenvalue weighted by Gasteiger charge is 2.37. The third-order valence-corrected chi connectivity index (χ3v) is 4.65. The number of esters is 1. The lowest BCUT2D eigenvalue weighted by Crippen LogP contribution is -2.13. The Balaban J connectivity index is 2.03. The summed E-state index contributed by atoms with van der Waals surface area (Å²) in [5.74, 6) is -1.15. The molecule has 2 heterocycles. The van der Waals surface area contributed by atoms with Crippen molar-refractivity contribution in [3.8, 4) is 11.4 Å². The molecular weight excluding hydrogens is 496 g/mol. The van der Waals surface area contributed by atoms with Crippen LogP contribution in [-0.2, 0) is 33.2 Å². The first-order valence-electron chi connectivity index (χ1n) is 10.4. The molecule has 0 amide bonds. The second kappa shape index (κ2) is 10.5. The first-order chi connectivity index (χ1) is 16.8. The van der Waals surface area contributed by atoms with Gasteiger partial charge < -0.3 is 9.47 Å². The van der Waals surface area contributed by atoms with E-state index in [9.17, 15) is 31.1 Å². The average Bonchev–Trinajstić information content (AvgIpc) is 3.43. The van der Waals surface area contributed by atoms with E-state index in [4.69, 9.17) is 9.47 Å². The number of rotatable bonds is 8. The molecule has 0 bridgehead atoms. The Morgan fingerprint density at radius 3 is 2.28 bits per heavy atom. The molecule has 0 unspecified atom stereocenters. The van der Waals surface area contributed by atoms with Gasteiger partial charge in [-0.2, -0.15) is 31.4 Å². The summed E-state index contributed by atoms with van der Waals surface area (Å²) in [4.78, 5) is 16.5. The number of benzene rings is 1. The molecule has 36 heavy (non-hydrogen) atoms. The van der Waals surface area contributed by atoms with E-state index in [1.807, 2.05) is 0 Å². The molecular formula is C22H21F6N5O3. The smallest absolute Gasteiger partial charge is 0.416 e. The van der Waals surface area contributed by atoms with Crippen molar-refractivity contribution in [1.82, 2.24) is 24.5 Å². The van der Waals surface area contributed by atoms with Gasteiger partial charge in [-0.15, -0.1) is 5.10 Å². The maximum Gasteiger partial charge on any atom is 0.416 e. The van der Waals surface area contributed by atoms with Gasteiger partial charge >= 0.3 is 18.3 Å². The summed E-state index contributed by atoms with van der Waals surface area (Å²) < 4.78 is 91.9. The van der Waals surface area contributed by atoms with Crippen molar-refractivity contribution < 1.29 is 40.6 Å². The van der Waals surface area contributed by atoms with Crippen LogP contribution in [0.25, 0.3) is 23.2 Å². The number of aromatic nitrogens is 5. The summed E-state index contributed by atoms with van der Waals surface area (Å²) in [5.41, 5.74) is -3.16. The molecule has 8 nitrogen and oxygen atoms in total. The van der Waals surface area contributed by atoms with Gasteiger partial charge in [0.15, 0.2) is 5.82 Å². The first-order valence-corrected chi connectivity index (χ1v) is 10.4. The van der Waals surface area contributed by atoms with Crippen LogP contribution in [0.2, 0.25) is 0 Å². The predicted molar refractivity (Wildman–Crippen MR) is 115 cm³/mol. The lowest BCUT2D eigenvalue weighted by atomic mass is 10.0. The van der Waals surface area contributed by atoms with Gasteiger partial charge in [0.2, 0.25) is 0 Å². The van der Waals surface area contributed by atoms with Gasteiger partial charge in [0, 0.05) is 30.6 Å². The van der Waals surface area contributed by atoms with Crippen molar-refractivity contribution in [1.29, 1.82) is 0 Å². The number of carbonyl (C=O) groups is 1. The Kier molecular flexibility index (Phi) is 7.86. The van der Waals surface area contributed by atoms with Gasteiger partial charge in [-0.25, -0.2) is 14.5 Å². The number of hydrogen-bond acceptors (Lipinski definition) is 6. The monoisotopic (exact) mass is 517 g/mol. The van der Waals surface area contributed by atoms with E-state index in [-0.39, 0.29) is 11.6 Å². The molecule has 0 radical (unpaired) electrons. The van der Waals surface area contributed by atoms with Crippen LogP contribution in [0, 0.1) is 0 Å². The van der Waals surface area contributed by atoms with Gasteiger partial charge in [-0.1, -0.05) is 0 Å². The zero-order valence-corrected chi connectivity index (χ0v) is 19.3. The van der Waals surface area contributed by atoms with Crippen LogP contribution >= 0.6 is 0 Å². The highest BCUT2D eigenvalue weighted by Crippen LogP contribution is 2.38. The Morgan fingerprint density at radius 2 is 1.72 bits per heavy atom. The molecule has 3 aromatic rings. The minimum Gasteiger partial charge on any atom is -0.459 e. The minimum absolute atomic E-state index is 0.0103. The molecule has 0 aliphatic carbocycles. The Bertz CT molecular complexity index is 1210. The molecule has 0 spiro atoms. The van der Waals surface area contributed by atoms with Gasteiger partial charge in [-0.3, -0.25) is 4.68 Å². The first kappa shape index (κ1) is 26.9. The second-order valence-electron chi connectivity index (χ2n) is 7.82. The lowest BCUT2D eigenvalue weighted by Gasteiger charge is -2.13. The van der Waals surface area contributed by atoms with E-state index in [2.05, 4.69) is 15.2 Å². The van der Waals surface area contributed by atoms with E-state index < -0.39 is 46.9 Å². The number of alkyl halides is 6. The normalized spacial score (nSPS) is 12.9. The number of ether oxygens (including phenoxy) is 2. The Hall–Kier alpha value is -3.68. The van der Waals surface area contributed by atoms with Crippen molar-refractivity contribution in [2.75, 3.05) is 13.7 Å². The summed E-state index contributed by atoms with van der Waals surface area (Å²) in [6.45, 7) is 4.03. The van der Waals surface area contributed by atoms with E-state index in [1.54, 1.807) is 20.0 Å². The Morgan fingerprint density at radius 1 is 1.08 bits per heavy atom. The van der Waals surface area contributed by atoms with Crippen molar-refractivity contribution in [2.24, 2.45) is 0 Å².